The Morgan fingerprint density at radius 3 is 2.92 bits per heavy atom. The van der Waals surface area contributed by atoms with Crippen LogP contribution in [0.3, 0.4) is 0 Å². The molecule has 12 heavy (non-hydrogen) atoms. The van der Waals surface area contributed by atoms with E-state index in [0.29, 0.717) is 0 Å². The van der Waals surface area contributed by atoms with Crippen LogP contribution in [-0.2, 0) is 0 Å². The molecule has 0 saturated carbocycles. The average Bonchev–Trinajstić information content (AvgIpc) is 2.06. The molecule has 0 aromatic carbocycles. The summed E-state index contributed by atoms with van der Waals surface area (Å²) in [7, 11) is 0. The molecule has 1 aliphatic rings. The smallest absolute Gasteiger partial charge is 0.104 e. The molecule has 2 unspecified atom stereocenters. The lowest BCUT2D eigenvalue weighted by atomic mass is 9.85. The fourth-order valence-corrected chi connectivity index (χ4v) is 1.27. The molecule has 0 spiro atoms. The molecule has 0 aromatic rings. The first-order valence-corrected chi connectivity index (χ1v) is 3.80. The van der Waals surface area contributed by atoms with E-state index in [1.165, 1.54) is 12.2 Å². The van der Waals surface area contributed by atoms with Gasteiger partial charge in [-0.15, -0.1) is 0 Å². The Balaban J connectivity index is 2.83. The van der Waals surface area contributed by atoms with Crippen LogP contribution in [0.1, 0.15) is 13.3 Å². The van der Waals surface area contributed by atoms with Gasteiger partial charge < -0.3 is 5.11 Å². The number of aliphatic hydroxyl groups is 1. The lowest BCUT2D eigenvalue weighted by Gasteiger charge is -2.22. The van der Waals surface area contributed by atoms with Crippen LogP contribution in [-0.4, -0.2) is 5.11 Å². The summed E-state index contributed by atoms with van der Waals surface area (Å²) in [5.41, 5.74) is 0. The van der Waals surface area contributed by atoms with Crippen molar-refractivity contribution in [3.8, 4) is 6.07 Å². The molecule has 1 aliphatic carbocycles. The zero-order valence-corrected chi connectivity index (χ0v) is 6.79. The minimum absolute atomic E-state index is 0.102. The van der Waals surface area contributed by atoms with Crippen molar-refractivity contribution in [2.75, 3.05) is 0 Å². The first-order chi connectivity index (χ1) is 5.66. The van der Waals surface area contributed by atoms with Crippen LogP contribution >= 0.6 is 0 Å². The number of nitriles is 1. The first kappa shape index (κ1) is 8.79. The quantitative estimate of drug-likeness (QED) is 0.651. The van der Waals surface area contributed by atoms with E-state index in [4.69, 9.17) is 5.26 Å². The van der Waals surface area contributed by atoms with Gasteiger partial charge >= 0.3 is 0 Å². The summed E-state index contributed by atoms with van der Waals surface area (Å²) >= 11 is 0. The van der Waals surface area contributed by atoms with E-state index >= 15 is 0 Å². The van der Waals surface area contributed by atoms with Crippen LogP contribution in [0.2, 0.25) is 0 Å². The Morgan fingerprint density at radius 2 is 2.33 bits per heavy atom. The molecular formula is C9H10FNO. The van der Waals surface area contributed by atoms with E-state index in [1.54, 1.807) is 6.92 Å². The second-order valence-electron chi connectivity index (χ2n) is 2.90. The summed E-state index contributed by atoms with van der Waals surface area (Å²) in [6, 6.07) is 1.92. The average molecular weight is 167 g/mol. The summed E-state index contributed by atoms with van der Waals surface area (Å²) in [6.07, 6.45) is 2.72. The molecule has 2 atom stereocenters. The van der Waals surface area contributed by atoms with Crippen LogP contribution in [0.4, 0.5) is 4.39 Å². The van der Waals surface area contributed by atoms with Crippen LogP contribution < -0.4 is 0 Å². The Bertz CT molecular complexity index is 275. The molecule has 0 aromatic heterocycles. The molecule has 1 N–H and O–H groups in total. The van der Waals surface area contributed by atoms with Gasteiger partial charge in [-0.1, -0.05) is 6.92 Å². The molecule has 64 valence electrons. The maximum absolute atomic E-state index is 12.9. The maximum atomic E-state index is 12.9. The highest BCUT2D eigenvalue weighted by Crippen LogP contribution is 2.32. The molecule has 0 saturated heterocycles. The number of allylic oxidation sites excluding steroid dienone is 4. The van der Waals surface area contributed by atoms with E-state index in [1.807, 2.05) is 6.07 Å². The monoisotopic (exact) mass is 167 g/mol. The molecule has 0 heterocycles. The number of halogens is 1. The predicted octanol–water partition coefficient (Wildman–Crippen LogP) is 2.46. The Kier molecular flexibility index (Phi) is 2.49. The zero-order chi connectivity index (χ0) is 9.14. The van der Waals surface area contributed by atoms with E-state index in [2.05, 4.69) is 0 Å². The minimum Gasteiger partial charge on any atom is -0.512 e. The number of aliphatic hydroxyl groups excluding tert-OH is 1. The molecule has 2 nitrogen and oxygen atoms in total. The number of hydrogen-bond acceptors (Lipinski definition) is 2. The number of rotatable bonds is 1. The SMILES string of the molecule is CC1C(F)=CC=C(O)C1CC#N. The summed E-state index contributed by atoms with van der Waals surface area (Å²) in [6.45, 7) is 1.66. The Hall–Kier alpha value is -1.30. The summed E-state index contributed by atoms with van der Waals surface area (Å²) in [5, 5.41) is 17.7. The molecular weight excluding hydrogens is 157 g/mol. The topological polar surface area (TPSA) is 44.0 Å². The van der Waals surface area contributed by atoms with Crippen LogP contribution in [0, 0.1) is 23.2 Å². The van der Waals surface area contributed by atoms with Gasteiger partial charge in [-0.3, -0.25) is 0 Å². The lowest BCUT2D eigenvalue weighted by Crippen LogP contribution is -2.17. The first-order valence-electron chi connectivity index (χ1n) is 3.80. The van der Waals surface area contributed by atoms with E-state index < -0.39 is 0 Å². The predicted molar refractivity (Wildman–Crippen MR) is 42.8 cm³/mol. The molecule has 0 fully saturated rings. The summed E-state index contributed by atoms with van der Waals surface area (Å²) < 4.78 is 12.9. The molecule has 0 aliphatic heterocycles. The lowest BCUT2D eigenvalue weighted by molar-refractivity contribution is 0.266. The highest BCUT2D eigenvalue weighted by Gasteiger charge is 2.26. The maximum Gasteiger partial charge on any atom is 0.104 e. The van der Waals surface area contributed by atoms with Crippen molar-refractivity contribution in [1.82, 2.24) is 0 Å². The third-order valence-corrected chi connectivity index (χ3v) is 2.14. The van der Waals surface area contributed by atoms with Gasteiger partial charge in [0.1, 0.15) is 5.83 Å². The van der Waals surface area contributed by atoms with Gasteiger partial charge in [0.2, 0.25) is 0 Å². The summed E-state index contributed by atoms with van der Waals surface area (Å²) in [5.74, 6) is -0.923. The van der Waals surface area contributed by atoms with Gasteiger partial charge in [0.15, 0.2) is 0 Å². The minimum atomic E-state index is -0.380. The second kappa shape index (κ2) is 3.40. The van der Waals surface area contributed by atoms with E-state index in [0.717, 1.165) is 0 Å². The second-order valence-corrected chi connectivity index (χ2v) is 2.90. The standard InChI is InChI=1S/C9H10FNO/c1-6-7(4-5-11)9(12)3-2-8(6)10/h2-3,6-7,12H,4H2,1H3. The third kappa shape index (κ3) is 1.48. The third-order valence-electron chi connectivity index (χ3n) is 2.14. The molecule has 0 radical (unpaired) electrons. The van der Waals surface area contributed by atoms with Crippen molar-refractivity contribution >= 4 is 0 Å². The van der Waals surface area contributed by atoms with Crippen molar-refractivity contribution < 1.29 is 9.50 Å². The number of nitrogens with zero attached hydrogens (tertiary/aromatic N) is 1. The van der Waals surface area contributed by atoms with E-state index in [9.17, 15) is 9.50 Å². The fourth-order valence-electron chi connectivity index (χ4n) is 1.27. The van der Waals surface area contributed by atoms with E-state index in [-0.39, 0.29) is 29.8 Å². The Labute approximate surface area is 70.6 Å². The Morgan fingerprint density at radius 1 is 1.67 bits per heavy atom. The molecule has 1 rings (SSSR count). The molecule has 0 amide bonds. The van der Waals surface area contributed by atoms with Crippen molar-refractivity contribution in [2.24, 2.45) is 11.8 Å². The van der Waals surface area contributed by atoms with Crippen LogP contribution in [0.5, 0.6) is 0 Å². The fraction of sp³-hybridized carbons (Fsp3) is 0.444. The van der Waals surface area contributed by atoms with Gasteiger partial charge in [0, 0.05) is 18.3 Å². The molecule has 0 bridgehead atoms. The zero-order valence-electron chi connectivity index (χ0n) is 6.79. The van der Waals surface area contributed by atoms with Crippen LogP contribution in [0.15, 0.2) is 23.7 Å². The number of hydrogen-bond donors (Lipinski definition) is 1. The van der Waals surface area contributed by atoms with Gasteiger partial charge in [0.05, 0.1) is 11.8 Å². The van der Waals surface area contributed by atoms with Gasteiger partial charge in [-0.05, 0) is 12.2 Å². The largest absolute Gasteiger partial charge is 0.512 e. The van der Waals surface area contributed by atoms with Crippen molar-refractivity contribution in [1.29, 1.82) is 5.26 Å². The van der Waals surface area contributed by atoms with Crippen molar-refractivity contribution in [3.63, 3.8) is 0 Å². The normalized spacial score (nSPS) is 28.8. The molecule has 3 heteroatoms. The highest BCUT2D eigenvalue weighted by atomic mass is 19.1. The van der Waals surface area contributed by atoms with Crippen LogP contribution in [0.25, 0.3) is 0 Å². The van der Waals surface area contributed by atoms with Gasteiger partial charge in [-0.2, -0.15) is 5.26 Å². The highest BCUT2D eigenvalue weighted by molar-refractivity contribution is 5.22. The summed E-state index contributed by atoms with van der Waals surface area (Å²) in [4.78, 5) is 0. The van der Waals surface area contributed by atoms with Gasteiger partial charge in [0.25, 0.3) is 0 Å². The van der Waals surface area contributed by atoms with Crippen molar-refractivity contribution in [2.45, 2.75) is 13.3 Å². The van der Waals surface area contributed by atoms with Gasteiger partial charge in [-0.25, -0.2) is 4.39 Å². The van der Waals surface area contributed by atoms with Crippen molar-refractivity contribution in [3.05, 3.63) is 23.7 Å².